The van der Waals surface area contributed by atoms with E-state index in [0.29, 0.717) is 29.9 Å². The van der Waals surface area contributed by atoms with Crippen molar-refractivity contribution in [3.05, 3.63) is 29.3 Å². The van der Waals surface area contributed by atoms with Crippen molar-refractivity contribution in [1.82, 2.24) is 0 Å². The normalized spacial score (nSPS) is 22.1. The maximum Gasteiger partial charge on any atom is 0.136 e. The van der Waals surface area contributed by atoms with Crippen molar-refractivity contribution < 1.29 is 9.47 Å². The Kier molecular flexibility index (Phi) is 4.19. The molecule has 2 rings (SSSR count). The third-order valence-electron chi connectivity index (χ3n) is 3.40. The lowest BCUT2D eigenvalue weighted by molar-refractivity contribution is -0.0376. The predicted molar refractivity (Wildman–Crippen MR) is 68.1 cm³/mol. The maximum atomic E-state index is 8.99. The fraction of sp³-hybridized carbons (Fsp3) is 0.500. The Morgan fingerprint density at radius 3 is 2.83 bits per heavy atom. The van der Waals surface area contributed by atoms with Crippen molar-refractivity contribution in [2.75, 3.05) is 13.7 Å². The summed E-state index contributed by atoms with van der Waals surface area (Å²) < 4.78 is 10.9. The molecule has 0 aliphatic heterocycles. The Balaban J connectivity index is 1.89. The molecule has 1 saturated carbocycles. The molecule has 1 aliphatic rings. The van der Waals surface area contributed by atoms with Gasteiger partial charge in [-0.25, -0.2) is 0 Å². The van der Waals surface area contributed by atoms with Crippen LogP contribution in [0.4, 0.5) is 0 Å². The lowest BCUT2D eigenvalue weighted by Crippen LogP contribution is -2.35. The van der Waals surface area contributed by atoms with Gasteiger partial charge in [0.25, 0.3) is 0 Å². The second kappa shape index (κ2) is 5.85. The number of nitrogens with two attached hydrogens (primary N) is 1. The number of rotatable bonds is 5. The predicted octanol–water partition coefficient (Wildman–Crippen LogP) is 1.82. The Morgan fingerprint density at radius 1 is 1.44 bits per heavy atom. The molecule has 2 N–H and O–H groups in total. The van der Waals surface area contributed by atoms with Crippen LogP contribution in [-0.4, -0.2) is 19.8 Å². The van der Waals surface area contributed by atoms with E-state index in [-0.39, 0.29) is 0 Å². The average molecular weight is 246 g/mol. The second-order valence-electron chi connectivity index (χ2n) is 4.65. The van der Waals surface area contributed by atoms with Crippen LogP contribution in [0.5, 0.6) is 5.75 Å². The van der Waals surface area contributed by atoms with Gasteiger partial charge in [-0.2, -0.15) is 5.26 Å². The number of methoxy groups -OCH3 is 1. The Hall–Kier alpha value is -1.57. The zero-order valence-corrected chi connectivity index (χ0v) is 10.6. The number of ether oxygens (including phenoxy) is 2. The molecule has 4 nitrogen and oxygen atoms in total. The van der Waals surface area contributed by atoms with Crippen LogP contribution in [0.25, 0.3) is 0 Å². The molecule has 0 aromatic heterocycles. The molecule has 0 atom stereocenters. The minimum Gasteiger partial charge on any atom is -0.495 e. The highest BCUT2D eigenvalue weighted by Gasteiger charge is 2.28. The highest BCUT2D eigenvalue weighted by Crippen LogP contribution is 2.30. The van der Waals surface area contributed by atoms with E-state index < -0.39 is 0 Å². The summed E-state index contributed by atoms with van der Waals surface area (Å²) in [6, 6.07) is 7.67. The first-order valence-electron chi connectivity index (χ1n) is 6.15. The van der Waals surface area contributed by atoms with Crippen LogP contribution in [0.1, 0.15) is 24.0 Å². The van der Waals surface area contributed by atoms with Gasteiger partial charge in [0.1, 0.15) is 11.8 Å². The van der Waals surface area contributed by atoms with Gasteiger partial charge in [-0.3, -0.25) is 0 Å². The van der Waals surface area contributed by atoms with E-state index in [4.69, 9.17) is 20.5 Å². The topological polar surface area (TPSA) is 68.3 Å². The van der Waals surface area contributed by atoms with Gasteiger partial charge in [-0.1, -0.05) is 6.07 Å². The zero-order chi connectivity index (χ0) is 13.0. The molecule has 0 unspecified atom stereocenters. The van der Waals surface area contributed by atoms with Gasteiger partial charge >= 0.3 is 0 Å². The summed E-state index contributed by atoms with van der Waals surface area (Å²) in [4.78, 5) is 0. The summed E-state index contributed by atoms with van der Waals surface area (Å²) in [6.45, 7) is 1.29. The fourth-order valence-electron chi connectivity index (χ4n) is 2.15. The number of nitriles is 1. The van der Waals surface area contributed by atoms with Crippen molar-refractivity contribution in [2.45, 2.75) is 25.6 Å². The van der Waals surface area contributed by atoms with E-state index in [1.165, 1.54) is 0 Å². The lowest BCUT2D eigenvalue weighted by atomic mass is 9.82. The van der Waals surface area contributed by atoms with Crippen LogP contribution in [-0.2, 0) is 11.3 Å². The largest absolute Gasteiger partial charge is 0.495 e. The van der Waals surface area contributed by atoms with Crippen molar-refractivity contribution in [3.8, 4) is 11.8 Å². The smallest absolute Gasteiger partial charge is 0.136 e. The molecule has 1 aliphatic carbocycles. The Labute approximate surface area is 107 Å². The first kappa shape index (κ1) is 12.9. The van der Waals surface area contributed by atoms with Crippen molar-refractivity contribution in [2.24, 2.45) is 11.7 Å². The minimum atomic E-state index is 0.325. The van der Waals surface area contributed by atoms with Gasteiger partial charge in [-0.15, -0.1) is 0 Å². The number of hydrogen-bond donors (Lipinski definition) is 1. The molecule has 1 aromatic carbocycles. The molecular formula is C14H18N2O2. The molecule has 0 amide bonds. The Bertz CT molecular complexity index is 448. The third-order valence-corrected chi connectivity index (χ3v) is 3.40. The van der Waals surface area contributed by atoms with E-state index in [9.17, 15) is 0 Å². The standard InChI is InChI=1S/C14H18N2O2/c1-17-14-3-2-10(4-12(14)8-16)9-18-13-5-11(6-13)7-15/h2-4,11,13H,5-7,9,15H2,1H3. The highest BCUT2D eigenvalue weighted by molar-refractivity contribution is 5.45. The van der Waals surface area contributed by atoms with E-state index in [1.807, 2.05) is 12.1 Å². The van der Waals surface area contributed by atoms with Crippen molar-refractivity contribution in [1.29, 1.82) is 5.26 Å². The van der Waals surface area contributed by atoms with Gasteiger partial charge < -0.3 is 15.2 Å². The molecule has 4 heteroatoms. The molecular weight excluding hydrogens is 228 g/mol. The molecule has 96 valence electrons. The van der Waals surface area contributed by atoms with Crippen molar-refractivity contribution in [3.63, 3.8) is 0 Å². The lowest BCUT2D eigenvalue weighted by Gasteiger charge is -2.34. The summed E-state index contributed by atoms with van der Waals surface area (Å²) in [5.74, 6) is 1.23. The van der Waals surface area contributed by atoms with Crippen LogP contribution in [0.2, 0.25) is 0 Å². The van der Waals surface area contributed by atoms with Gasteiger partial charge in [0.15, 0.2) is 0 Å². The van der Waals surface area contributed by atoms with Crippen LogP contribution < -0.4 is 10.5 Å². The molecule has 1 fully saturated rings. The third kappa shape index (κ3) is 2.81. The average Bonchev–Trinajstić information content (AvgIpc) is 2.37. The molecule has 1 aromatic rings. The summed E-state index contributed by atoms with van der Waals surface area (Å²) in [6.07, 6.45) is 2.43. The SMILES string of the molecule is COc1ccc(COC2CC(CN)C2)cc1C#N. The summed E-state index contributed by atoms with van der Waals surface area (Å²) in [7, 11) is 1.56. The van der Waals surface area contributed by atoms with E-state index >= 15 is 0 Å². The molecule has 0 heterocycles. The Morgan fingerprint density at radius 2 is 2.22 bits per heavy atom. The summed E-state index contributed by atoms with van der Waals surface area (Å²) in [5, 5.41) is 8.99. The van der Waals surface area contributed by atoms with E-state index in [2.05, 4.69) is 6.07 Å². The van der Waals surface area contributed by atoms with Gasteiger partial charge in [-0.05, 0) is 43.0 Å². The monoisotopic (exact) mass is 246 g/mol. The van der Waals surface area contributed by atoms with E-state index in [0.717, 1.165) is 24.9 Å². The van der Waals surface area contributed by atoms with Crippen LogP contribution in [0.3, 0.4) is 0 Å². The maximum absolute atomic E-state index is 8.99. The van der Waals surface area contributed by atoms with Crippen molar-refractivity contribution >= 4 is 0 Å². The van der Waals surface area contributed by atoms with Gasteiger partial charge in [0.2, 0.25) is 0 Å². The van der Waals surface area contributed by atoms with E-state index in [1.54, 1.807) is 13.2 Å². The summed E-state index contributed by atoms with van der Waals surface area (Å²) >= 11 is 0. The van der Waals surface area contributed by atoms with Crippen LogP contribution in [0.15, 0.2) is 18.2 Å². The number of hydrogen-bond acceptors (Lipinski definition) is 4. The molecule has 0 bridgehead atoms. The molecule has 18 heavy (non-hydrogen) atoms. The molecule has 0 saturated heterocycles. The quantitative estimate of drug-likeness (QED) is 0.860. The van der Waals surface area contributed by atoms with Crippen LogP contribution >= 0.6 is 0 Å². The number of benzene rings is 1. The zero-order valence-electron chi connectivity index (χ0n) is 10.6. The summed E-state index contributed by atoms with van der Waals surface area (Å²) in [5.41, 5.74) is 7.12. The van der Waals surface area contributed by atoms with Crippen LogP contribution in [0, 0.1) is 17.2 Å². The van der Waals surface area contributed by atoms with Gasteiger partial charge in [0.05, 0.1) is 25.4 Å². The highest BCUT2D eigenvalue weighted by atomic mass is 16.5. The number of nitrogens with zero attached hydrogens (tertiary/aromatic N) is 1. The minimum absolute atomic E-state index is 0.325. The first-order chi connectivity index (χ1) is 8.76. The fourth-order valence-corrected chi connectivity index (χ4v) is 2.15. The molecule has 0 radical (unpaired) electrons. The van der Waals surface area contributed by atoms with Gasteiger partial charge in [0, 0.05) is 0 Å². The molecule has 0 spiro atoms. The first-order valence-corrected chi connectivity index (χ1v) is 6.15. The second-order valence-corrected chi connectivity index (χ2v) is 4.65.